The van der Waals surface area contributed by atoms with Gasteiger partial charge in [-0.05, 0) is 18.9 Å². The van der Waals surface area contributed by atoms with Gasteiger partial charge in [0.15, 0.2) is 5.02 Å². The van der Waals surface area contributed by atoms with E-state index < -0.39 is 38.4 Å². The number of fused-ring (bicyclic) bond motifs is 1. The van der Waals surface area contributed by atoms with Crippen molar-refractivity contribution in [2.75, 3.05) is 0 Å². The second-order valence-corrected chi connectivity index (χ2v) is 5.37. The second-order valence-electron chi connectivity index (χ2n) is 4.99. The van der Waals surface area contributed by atoms with E-state index >= 15 is 0 Å². The van der Waals surface area contributed by atoms with E-state index in [0.717, 1.165) is 12.3 Å². The number of benzene rings is 1. The van der Waals surface area contributed by atoms with Gasteiger partial charge in [-0.3, -0.25) is 14.9 Å². The number of aromatic nitrogens is 1. The maximum Gasteiger partial charge on any atom is 0.341 e. The van der Waals surface area contributed by atoms with Crippen LogP contribution in [0.1, 0.15) is 29.2 Å². The summed E-state index contributed by atoms with van der Waals surface area (Å²) < 4.78 is 15.1. The van der Waals surface area contributed by atoms with Gasteiger partial charge < -0.3 is 9.67 Å². The van der Waals surface area contributed by atoms with Crippen LogP contribution < -0.4 is 5.43 Å². The van der Waals surface area contributed by atoms with E-state index in [-0.39, 0.29) is 16.9 Å². The van der Waals surface area contributed by atoms with Gasteiger partial charge >= 0.3 is 11.7 Å². The van der Waals surface area contributed by atoms with Gasteiger partial charge in [0.25, 0.3) is 0 Å². The minimum absolute atomic E-state index is 0.145. The summed E-state index contributed by atoms with van der Waals surface area (Å²) in [5.41, 5.74) is -2.40. The van der Waals surface area contributed by atoms with E-state index in [9.17, 15) is 24.1 Å². The lowest BCUT2D eigenvalue weighted by Crippen LogP contribution is -2.19. The molecule has 1 N–H and O–H groups in total. The summed E-state index contributed by atoms with van der Waals surface area (Å²) in [5, 5.41) is 19.3. The highest BCUT2D eigenvalue weighted by Gasteiger charge is 2.33. The van der Waals surface area contributed by atoms with Crippen LogP contribution in [0.25, 0.3) is 10.9 Å². The minimum atomic E-state index is -1.47. The monoisotopic (exact) mass is 326 g/mol. The molecule has 0 unspecified atom stereocenters. The van der Waals surface area contributed by atoms with Gasteiger partial charge in [-0.15, -0.1) is 0 Å². The lowest BCUT2D eigenvalue weighted by molar-refractivity contribution is -0.383. The highest BCUT2D eigenvalue weighted by Crippen LogP contribution is 2.41. The Balaban J connectivity index is 2.57. The first-order valence-electron chi connectivity index (χ1n) is 6.27. The number of carbonyl (C=O) groups is 1. The molecule has 1 aromatic heterocycles. The fraction of sp³-hybridized carbons (Fsp3) is 0.231. The van der Waals surface area contributed by atoms with E-state index in [1.807, 2.05) is 0 Å². The van der Waals surface area contributed by atoms with Crippen LogP contribution in [-0.2, 0) is 0 Å². The first kappa shape index (κ1) is 14.5. The molecule has 2 aromatic rings. The van der Waals surface area contributed by atoms with E-state index in [0.29, 0.717) is 12.8 Å². The molecule has 9 heteroatoms. The topological polar surface area (TPSA) is 102 Å². The molecule has 1 fully saturated rings. The van der Waals surface area contributed by atoms with Crippen LogP contribution in [-0.4, -0.2) is 20.6 Å². The fourth-order valence-electron chi connectivity index (χ4n) is 2.40. The van der Waals surface area contributed by atoms with Crippen molar-refractivity contribution in [2.24, 2.45) is 0 Å². The maximum atomic E-state index is 13.8. The summed E-state index contributed by atoms with van der Waals surface area (Å²) in [7, 11) is 0. The van der Waals surface area contributed by atoms with Crippen LogP contribution in [0.15, 0.2) is 17.1 Å². The first-order chi connectivity index (χ1) is 10.3. The normalized spacial score (nSPS) is 14.3. The van der Waals surface area contributed by atoms with Crippen molar-refractivity contribution in [3.05, 3.63) is 49.0 Å². The largest absolute Gasteiger partial charge is 0.477 e. The molecule has 1 aliphatic rings. The lowest BCUT2D eigenvalue weighted by atomic mass is 10.1. The van der Waals surface area contributed by atoms with E-state index in [2.05, 4.69) is 0 Å². The SMILES string of the molecule is O=C(O)c1cn(C2CC2)c2c([N+](=O)[O-])c(Cl)c(F)cc2c1=O. The summed E-state index contributed by atoms with van der Waals surface area (Å²) in [6, 6.07) is 0.583. The number of carboxylic acids is 1. The third-order valence-corrected chi connectivity index (χ3v) is 3.90. The minimum Gasteiger partial charge on any atom is -0.477 e. The standard InChI is InChI=1S/C13H8ClFN2O5/c14-9-8(15)3-6-10(11(9)17(21)22)16(5-1-2-5)4-7(12(6)18)13(19)20/h3-5H,1-2H2,(H,19,20). The molecule has 1 saturated carbocycles. The van der Waals surface area contributed by atoms with Gasteiger partial charge in [0, 0.05) is 12.2 Å². The molecular weight excluding hydrogens is 319 g/mol. The number of halogens is 2. The highest BCUT2D eigenvalue weighted by molar-refractivity contribution is 6.34. The van der Waals surface area contributed by atoms with Gasteiger partial charge in [-0.1, -0.05) is 11.6 Å². The number of nitrogens with zero attached hydrogens (tertiary/aromatic N) is 2. The molecule has 0 radical (unpaired) electrons. The van der Waals surface area contributed by atoms with Crippen LogP contribution in [0.4, 0.5) is 10.1 Å². The average Bonchev–Trinajstić information content (AvgIpc) is 3.25. The van der Waals surface area contributed by atoms with Crippen molar-refractivity contribution in [3.63, 3.8) is 0 Å². The van der Waals surface area contributed by atoms with Gasteiger partial charge in [0.1, 0.15) is 16.9 Å². The Hall–Kier alpha value is -2.48. The van der Waals surface area contributed by atoms with Crippen molar-refractivity contribution in [1.29, 1.82) is 0 Å². The number of nitro benzene ring substituents is 1. The van der Waals surface area contributed by atoms with Crippen LogP contribution in [0.5, 0.6) is 0 Å². The quantitative estimate of drug-likeness (QED) is 0.690. The number of rotatable bonds is 3. The predicted molar refractivity (Wildman–Crippen MR) is 75.1 cm³/mol. The number of hydrogen-bond donors (Lipinski definition) is 1. The summed E-state index contributed by atoms with van der Waals surface area (Å²) in [4.78, 5) is 33.7. The fourth-order valence-corrected chi connectivity index (χ4v) is 2.62. The molecule has 0 bridgehead atoms. The molecule has 0 atom stereocenters. The molecule has 1 aliphatic carbocycles. The van der Waals surface area contributed by atoms with Gasteiger partial charge in [-0.2, -0.15) is 0 Å². The Morgan fingerprint density at radius 1 is 1.50 bits per heavy atom. The van der Waals surface area contributed by atoms with E-state index in [4.69, 9.17) is 16.7 Å². The predicted octanol–water partition coefficient (Wildman–Crippen LogP) is 2.74. The zero-order valence-electron chi connectivity index (χ0n) is 10.9. The average molecular weight is 327 g/mol. The van der Waals surface area contributed by atoms with Crippen molar-refractivity contribution in [3.8, 4) is 0 Å². The Morgan fingerprint density at radius 3 is 2.64 bits per heavy atom. The van der Waals surface area contributed by atoms with Crippen molar-refractivity contribution >= 4 is 34.2 Å². The van der Waals surface area contributed by atoms with Crippen molar-refractivity contribution in [2.45, 2.75) is 18.9 Å². The molecule has 0 saturated heterocycles. The van der Waals surface area contributed by atoms with E-state index in [1.165, 1.54) is 4.57 Å². The zero-order valence-corrected chi connectivity index (χ0v) is 11.6. The highest BCUT2D eigenvalue weighted by atomic mass is 35.5. The molecule has 0 spiro atoms. The van der Waals surface area contributed by atoms with Gasteiger partial charge in [0.05, 0.1) is 10.3 Å². The molecule has 1 heterocycles. The molecule has 22 heavy (non-hydrogen) atoms. The molecule has 1 aromatic carbocycles. The molecular formula is C13H8ClFN2O5. The smallest absolute Gasteiger partial charge is 0.341 e. The lowest BCUT2D eigenvalue weighted by Gasteiger charge is -2.12. The summed E-state index contributed by atoms with van der Waals surface area (Å²) in [5.74, 6) is -2.61. The number of carboxylic acid groups (broad SMARTS) is 1. The van der Waals surface area contributed by atoms with Crippen molar-refractivity contribution < 1.29 is 19.2 Å². The maximum absolute atomic E-state index is 13.8. The molecule has 114 valence electrons. The zero-order chi connectivity index (χ0) is 16.2. The Bertz CT molecular complexity index is 904. The summed E-state index contributed by atoms with van der Waals surface area (Å²) >= 11 is 5.67. The third-order valence-electron chi connectivity index (χ3n) is 3.54. The Kier molecular flexibility index (Phi) is 3.13. The van der Waals surface area contributed by atoms with Crippen molar-refractivity contribution in [1.82, 2.24) is 4.57 Å². The number of aromatic carboxylic acids is 1. The number of pyridine rings is 1. The molecule has 0 amide bonds. The van der Waals surface area contributed by atoms with Crippen LogP contribution >= 0.6 is 11.6 Å². The van der Waals surface area contributed by atoms with Crippen LogP contribution in [0.3, 0.4) is 0 Å². The summed E-state index contributed by atoms with van der Waals surface area (Å²) in [6.07, 6.45) is 2.43. The van der Waals surface area contributed by atoms with Crippen LogP contribution in [0, 0.1) is 15.9 Å². The Morgan fingerprint density at radius 2 is 2.14 bits per heavy atom. The first-order valence-corrected chi connectivity index (χ1v) is 6.65. The van der Waals surface area contributed by atoms with Gasteiger partial charge in [-0.25, -0.2) is 9.18 Å². The molecule has 0 aliphatic heterocycles. The summed E-state index contributed by atoms with van der Waals surface area (Å²) in [6.45, 7) is 0. The van der Waals surface area contributed by atoms with E-state index in [1.54, 1.807) is 0 Å². The molecule has 7 nitrogen and oxygen atoms in total. The molecule has 3 rings (SSSR count). The second kappa shape index (κ2) is 4.77. The number of nitro groups is 1. The number of hydrogen-bond acceptors (Lipinski definition) is 4. The third kappa shape index (κ3) is 2.03. The van der Waals surface area contributed by atoms with Crippen LogP contribution in [0.2, 0.25) is 5.02 Å². The van der Waals surface area contributed by atoms with Gasteiger partial charge in [0.2, 0.25) is 5.43 Å². The Labute approximate surface area is 126 Å².